The summed E-state index contributed by atoms with van der Waals surface area (Å²) in [5.41, 5.74) is 8.20. The van der Waals surface area contributed by atoms with Crippen molar-refractivity contribution in [2.75, 3.05) is 18.1 Å². The van der Waals surface area contributed by atoms with Gasteiger partial charge in [0.15, 0.2) is 0 Å². The molecule has 1 heterocycles. The van der Waals surface area contributed by atoms with Crippen molar-refractivity contribution in [3.05, 3.63) is 29.8 Å². The Morgan fingerprint density at radius 2 is 2.06 bits per heavy atom. The van der Waals surface area contributed by atoms with Gasteiger partial charge in [0.1, 0.15) is 0 Å². The molecule has 94 valence electrons. The van der Waals surface area contributed by atoms with E-state index in [2.05, 4.69) is 29.2 Å². The zero-order valence-electron chi connectivity index (χ0n) is 10.5. The van der Waals surface area contributed by atoms with Gasteiger partial charge in [0, 0.05) is 18.3 Å². The molecule has 0 bridgehead atoms. The molecule has 2 unspecified atom stereocenters. The van der Waals surface area contributed by atoms with Crippen LogP contribution < -0.4 is 10.6 Å². The van der Waals surface area contributed by atoms with Crippen LogP contribution in [0.4, 0.5) is 5.69 Å². The highest BCUT2D eigenvalue weighted by molar-refractivity contribution is 5.49. The summed E-state index contributed by atoms with van der Waals surface area (Å²) in [6, 6.07) is 8.77. The number of anilines is 1. The Kier molecular flexibility index (Phi) is 4.02. The van der Waals surface area contributed by atoms with E-state index < -0.39 is 0 Å². The van der Waals surface area contributed by atoms with Crippen molar-refractivity contribution in [2.45, 2.75) is 38.3 Å². The minimum absolute atomic E-state index is 0.0824. The molecule has 3 heteroatoms. The van der Waals surface area contributed by atoms with E-state index >= 15 is 0 Å². The van der Waals surface area contributed by atoms with Gasteiger partial charge in [0.05, 0.1) is 12.6 Å². The number of piperidine rings is 1. The van der Waals surface area contributed by atoms with Crippen molar-refractivity contribution >= 4 is 5.69 Å². The molecule has 0 aliphatic carbocycles. The smallest absolute Gasteiger partial charge is 0.0635 e. The topological polar surface area (TPSA) is 49.5 Å². The number of hydrogen-bond acceptors (Lipinski definition) is 3. The Labute approximate surface area is 103 Å². The van der Waals surface area contributed by atoms with E-state index in [1.54, 1.807) is 0 Å². The molecule has 3 nitrogen and oxygen atoms in total. The second-order valence-electron chi connectivity index (χ2n) is 4.91. The van der Waals surface area contributed by atoms with Gasteiger partial charge >= 0.3 is 0 Å². The Hall–Kier alpha value is -1.06. The van der Waals surface area contributed by atoms with Gasteiger partial charge in [-0.2, -0.15) is 0 Å². The number of nitrogens with zero attached hydrogens (tertiary/aromatic N) is 1. The lowest BCUT2D eigenvalue weighted by Gasteiger charge is -2.36. The Bertz CT molecular complexity index is 348. The molecule has 1 saturated heterocycles. The van der Waals surface area contributed by atoms with Gasteiger partial charge in [0.2, 0.25) is 0 Å². The zero-order chi connectivity index (χ0) is 12.3. The van der Waals surface area contributed by atoms with Crippen LogP contribution in [0.2, 0.25) is 0 Å². The van der Waals surface area contributed by atoms with Crippen LogP contribution in [0.3, 0.4) is 0 Å². The van der Waals surface area contributed by atoms with E-state index in [0.29, 0.717) is 0 Å². The maximum absolute atomic E-state index is 9.40. The third-order valence-electron chi connectivity index (χ3n) is 3.59. The minimum Gasteiger partial charge on any atom is -0.394 e. The van der Waals surface area contributed by atoms with Crippen molar-refractivity contribution in [2.24, 2.45) is 5.73 Å². The van der Waals surface area contributed by atoms with Gasteiger partial charge in [-0.15, -0.1) is 0 Å². The fourth-order valence-electron chi connectivity index (χ4n) is 2.50. The molecule has 1 aliphatic rings. The first kappa shape index (κ1) is 12.4. The monoisotopic (exact) mass is 234 g/mol. The van der Waals surface area contributed by atoms with Crippen molar-refractivity contribution in [1.82, 2.24) is 0 Å². The van der Waals surface area contributed by atoms with Crippen LogP contribution in [0.5, 0.6) is 0 Å². The van der Waals surface area contributed by atoms with Crippen LogP contribution >= 0.6 is 0 Å². The standard InChI is InChI=1S/C14H22N2O/c1-11(15)12-5-7-13(8-6-12)16-9-3-2-4-14(16)10-17/h5-8,11,14,17H,2-4,9-10,15H2,1H3. The molecule has 1 aromatic rings. The van der Waals surface area contributed by atoms with Crippen molar-refractivity contribution < 1.29 is 5.11 Å². The van der Waals surface area contributed by atoms with Gasteiger partial charge in [-0.25, -0.2) is 0 Å². The summed E-state index contributed by atoms with van der Waals surface area (Å²) < 4.78 is 0. The van der Waals surface area contributed by atoms with Crippen molar-refractivity contribution in [3.63, 3.8) is 0 Å². The molecule has 1 aliphatic heterocycles. The third-order valence-corrected chi connectivity index (χ3v) is 3.59. The van der Waals surface area contributed by atoms with Crippen molar-refractivity contribution in [3.8, 4) is 0 Å². The first-order valence-corrected chi connectivity index (χ1v) is 6.45. The Morgan fingerprint density at radius 1 is 1.35 bits per heavy atom. The van der Waals surface area contributed by atoms with E-state index in [1.165, 1.54) is 18.5 Å². The van der Waals surface area contributed by atoms with Gasteiger partial charge in [0.25, 0.3) is 0 Å². The molecule has 0 spiro atoms. The van der Waals surface area contributed by atoms with Gasteiger partial charge in [-0.05, 0) is 43.9 Å². The molecule has 2 rings (SSSR count). The first-order valence-electron chi connectivity index (χ1n) is 6.45. The summed E-state index contributed by atoms with van der Waals surface area (Å²) in [5, 5.41) is 9.40. The van der Waals surface area contributed by atoms with Crippen LogP contribution in [0.25, 0.3) is 0 Å². The summed E-state index contributed by atoms with van der Waals surface area (Å²) in [7, 11) is 0. The molecule has 0 saturated carbocycles. The summed E-state index contributed by atoms with van der Waals surface area (Å²) in [6.45, 7) is 3.28. The number of aliphatic hydroxyl groups is 1. The summed E-state index contributed by atoms with van der Waals surface area (Å²) in [4.78, 5) is 2.31. The second kappa shape index (κ2) is 5.52. The fourth-order valence-corrected chi connectivity index (χ4v) is 2.50. The average molecular weight is 234 g/mol. The molecule has 2 atom stereocenters. The Balaban J connectivity index is 2.15. The largest absolute Gasteiger partial charge is 0.394 e. The van der Waals surface area contributed by atoms with Gasteiger partial charge in [-0.3, -0.25) is 0 Å². The predicted molar refractivity (Wildman–Crippen MR) is 71.1 cm³/mol. The molecular formula is C14H22N2O. The maximum atomic E-state index is 9.40. The number of nitrogens with two attached hydrogens (primary N) is 1. The van der Waals surface area contributed by atoms with E-state index in [4.69, 9.17) is 5.73 Å². The summed E-state index contributed by atoms with van der Waals surface area (Å²) >= 11 is 0. The van der Waals surface area contributed by atoms with Gasteiger partial charge in [-0.1, -0.05) is 12.1 Å². The molecule has 1 fully saturated rings. The van der Waals surface area contributed by atoms with Crippen LogP contribution in [0.1, 0.15) is 37.8 Å². The van der Waals surface area contributed by atoms with Crippen LogP contribution in [0.15, 0.2) is 24.3 Å². The molecular weight excluding hydrogens is 212 g/mol. The molecule has 17 heavy (non-hydrogen) atoms. The average Bonchev–Trinajstić information content (AvgIpc) is 2.39. The van der Waals surface area contributed by atoms with Gasteiger partial charge < -0.3 is 15.7 Å². The van der Waals surface area contributed by atoms with E-state index in [-0.39, 0.29) is 18.7 Å². The molecule has 0 aromatic heterocycles. The predicted octanol–water partition coefficient (Wildman–Crippen LogP) is 2.06. The van der Waals surface area contributed by atoms with E-state index in [1.807, 2.05) is 6.92 Å². The lowest BCUT2D eigenvalue weighted by molar-refractivity contribution is 0.240. The molecule has 0 radical (unpaired) electrons. The minimum atomic E-state index is 0.0824. The Morgan fingerprint density at radius 3 is 2.65 bits per heavy atom. The highest BCUT2D eigenvalue weighted by Crippen LogP contribution is 2.25. The summed E-state index contributed by atoms with van der Waals surface area (Å²) in [6.07, 6.45) is 3.52. The first-order chi connectivity index (χ1) is 8.22. The zero-order valence-corrected chi connectivity index (χ0v) is 10.5. The second-order valence-corrected chi connectivity index (χ2v) is 4.91. The summed E-state index contributed by atoms with van der Waals surface area (Å²) in [5.74, 6) is 0. The third kappa shape index (κ3) is 2.79. The van der Waals surface area contributed by atoms with E-state index in [9.17, 15) is 5.11 Å². The highest BCUT2D eigenvalue weighted by Gasteiger charge is 2.21. The SMILES string of the molecule is CC(N)c1ccc(N2CCCCC2CO)cc1. The quantitative estimate of drug-likeness (QED) is 0.841. The normalized spacial score (nSPS) is 22.5. The molecule has 0 amide bonds. The number of rotatable bonds is 3. The van der Waals surface area contributed by atoms with Crippen LogP contribution in [-0.4, -0.2) is 24.3 Å². The number of hydrogen-bond donors (Lipinski definition) is 2. The maximum Gasteiger partial charge on any atom is 0.0635 e. The molecule has 3 N–H and O–H groups in total. The fraction of sp³-hybridized carbons (Fsp3) is 0.571. The molecule has 1 aromatic carbocycles. The highest BCUT2D eigenvalue weighted by atomic mass is 16.3. The van der Waals surface area contributed by atoms with Crippen LogP contribution in [-0.2, 0) is 0 Å². The van der Waals surface area contributed by atoms with Crippen LogP contribution in [0, 0.1) is 0 Å². The lowest BCUT2D eigenvalue weighted by Crippen LogP contribution is -2.41. The lowest BCUT2D eigenvalue weighted by atomic mass is 10.0. The van der Waals surface area contributed by atoms with E-state index in [0.717, 1.165) is 18.5 Å². The number of aliphatic hydroxyl groups excluding tert-OH is 1. The number of benzene rings is 1. The van der Waals surface area contributed by atoms with Crippen molar-refractivity contribution in [1.29, 1.82) is 0 Å².